The van der Waals surface area contributed by atoms with Crippen molar-refractivity contribution in [2.75, 3.05) is 5.75 Å². The summed E-state index contributed by atoms with van der Waals surface area (Å²) in [6.45, 7) is 0. The van der Waals surface area contributed by atoms with Crippen LogP contribution in [0, 0.1) is 5.41 Å². The van der Waals surface area contributed by atoms with Crippen LogP contribution >= 0.6 is 11.8 Å². The number of thioether (sulfide) groups is 1. The predicted molar refractivity (Wildman–Crippen MR) is 85.0 cm³/mol. The monoisotopic (exact) mass is 320 g/mol. The second kappa shape index (κ2) is 5.85. The van der Waals surface area contributed by atoms with E-state index < -0.39 is 13.1 Å². The van der Waals surface area contributed by atoms with Crippen LogP contribution in [0.4, 0.5) is 0 Å². The summed E-state index contributed by atoms with van der Waals surface area (Å²) in [6, 6.07) is 3.72. The number of benzene rings is 1. The Morgan fingerprint density at radius 3 is 3.00 bits per heavy atom. The zero-order chi connectivity index (χ0) is 15.9. The van der Waals surface area contributed by atoms with Gasteiger partial charge in [0.1, 0.15) is 11.3 Å². The quantitative estimate of drug-likeness (QED) is 0.209. The summed E-state index contributed by atoms with van der Waals surface area (Å²) in [7, 11) is -0.909. The number of carboxylic acid groups (broad SMARTS) is 1. The van der Waals surface area contributed by atoms with Gasteiger partial charge in [0, 0.05) is 17.1 Å². The van der Waals surface area contributed by atoms with Gasteiger partial charge in [-0.15, -0.1) is 11.8 Å². The second-order valence-corrected chi connectivity index (χ2v) is 6.79. The van der Waals surface area contributed by atoms with Crippen LogP contribution in [0.1, 0.15) is 41.1 Å². The molecule has 2 aliphatic rings. The van der Waals surface area contributed by atoms with Crippen LogP contribution < -0.4 is 10.4 Å². The molecule has 22 heavy (non-hydrogen) atoms. The molecule has 0 bridgehead atoms. The minimum absolute atomic E-state index is 0.100. The van der Waals surface area contributed by atoms with Gasteiger partial charge < -0.3 is 20.5 Å². The SMILES string of the molecule is N=C(N)CCCSc1ccc2c(c1C(=O)O)OB(O)C1CC21. The predicted octanol–water partition coefficient (Wildman–Crippen LogP) is 1.92. The summed E-state index contributed by atoms with van der Waals surface area (Å²) in [6.07, 6.45) is 2.06. The molecule has 1 fully saturated rings. The Kier molecular flexibility index (Phi) is 4.05. The van der Waals surface area contributed by atoms with Gasteiger partial charge in [0.05, 0.1) is 5.84 Å². The number of hydrogen-bond acceptors (Lipinski definition) is 5. The smallest absolute Gasteiger partial charge is 0.526 e. The molecule has 0 saturated heterocycles. The van der Waals surface area contributed by atoms with Gasteiger partial charge in [-0.1, -0.05) is 6.07 Å². The Bertz CT molecular complexity index is 640. The molecule has 3 rings (SSSR count). The highest BCUT2D eigenvalue weighted by Gasteiger charge is 2.54. The van der Waals surface area contributed by atoms with Crippen molar-refractivity contribution in [3.63, 3.8) is 0 Å². The van der Waals surface area contributed by atoms with Crippen molar-refractivity contribution in [2.24, 2.45) is 5.73 Å². The number of carboxylic acids is 1. The number of rotatable bonds is 6. The molecule has 2 atom stereocenters. The number of carbonyl (C=O) groups is 1. The van der Waals surface area contributed by atoms with E-state index in [0.717, 1.165) is 12.0 Å². The van der Waals surface area contributed by atoms with E-state index in [1.54, 1.807) is 0 Å². The van der Waals surface area contributed by atoms with E-state index in [1.807, 2.05) is 12.1 Å². The maximum absolute atomic E-state index is 11.6. The maximum atomic E-state index is 11.6. The normalized spacial score (nSPS) is 21.6. The Hall–Kier alpha value is -1.67. The Labute approximate surface area is 132 Å². The highest BCUT2D eigenvalue weighted by Crippen LogP contribution is 2.60. The number of nitrogens with one attached hydrogen (secondary N) is 1. The van der Waals surface area contributed by atoms with Gasteiger partial charge in [0.2, 0.25) is 0 Å². The van der Waals surface area contributed by atoms with E-state index in [1.165, 1.54) is 11.8 Å². The molecule has 1 aromatic rings. The van der Waals surface area contributed by atoms with Gasteiger partial charge in [0.25, 0.3) is 0 Å². The Balaban J connectivity index is 1.83. The van der Waals surface area contributed by atoms with Crippen LogP contribution in [0.3, 0.4) is 0 Å². The molecule has 1 saturated carbocycles. The van der Waals surface area contributed by atoms with Crippen LogP contribution in [0.2, 0.25) is 5.82 Å². The van der Waals surface area contributed by atoms with Gasteiger partial charge in [-0.05, 0) is 36.1 Å². The lowest BCUT2D eigenvalue weighted by Gasteiger charge is -2.22. The molecular weight excluding hydrogens is 303 g/mol. The molecule has 5 N–H and O–H groups in total. The zero-order valence-corrected chi connectivity index (χ0v) is 12.7. The Morgan fingerprint density at radius 1 is 1.55 bits per heavy atom. The molecule has 1 aliphatic heterocycles. The molecule has 0 radical (unpaired) electrons. The average Bonchev–Trinajstić information content (AvgIpc) is 3.23. The van der Waals surface area contributed by atoms with E-state index >= 15 is 0 Å². The summed E-state index contributed by atoms with van der Waals surface area (Å²) < 4.78 is 5.47. The lowest BCUT2D eigenvalue weighted by molar-refractivity contribution is 0.0690. The molecular formula is C14H17BN2O4S. The first-order valence-corrected chi connectivity index (χ1v) is 8.18. The van der Waals surface area contributed by atoms with Crippen LogP contribution in [-0.4, -0.2) is 34.8 Å². The van der Waals surface area contributed by atoms with Crippen molar-refractivity contribution < 1.29 is 19.6 Å². The third-order valence-corrected chi connectivity index (χ3v) is 5.20. The molecule has 116 valence electrons. The highest BCUT2D eigenvalue weighted by atomic mass is 32.2. The van der Waals surface area contributed by atoms with Crippen molar-refractivity contribution in [2.45, 2.75) is 35.9 Å². The van der Waals surface area contributed by atoms with Crippen molar-refractivity contribution in [3.05, 3.63) is 23.3 Å². The molecule has 1 aliphatic carbocycles. The molecule has 1 aromatic carbocycles. The first kappa shape index (κ1) is 15.2. The molecule has 0 amide bonds. The summed E-state index contributed by atoms with van der Waals surface area (Å²) in [5, 5.41) is 26.6. The van der Waals surface area contributed by atoms with E-state index in [0.29, 0.717) is 29.2 Å². The van der Waals surface area contributed by atoms with E-state index in [4.69, 9.17) is 15.8 Å². The van der Waals surface area contributed by atoms with E-state index in [2.05, 4.69) is 0 Å². The number of fused-ring (bicyclic) bond motifs is 3. The number of nitrogens with two attached hydrogens (primary N) is 1. The minimum Gasteiger partial charge on any atom is -0.535 e. The molecule has 6 nitrogen and oxygen atoms in total. The summed E-state index contributed by atoms with van der Waals surface area (Å²) in [5.74, 6) is 0.396. The molecule has 1 heterocycles. The third-order valence-electron chi connectivity index (χ3n) is 4.06. The van der Waals surface area contributed by atoms with Gasteiger partial charge >= 0.3 is 13.1 Å². The zero-order valence-electron chi connectivity index (χ0n) is 11.9. The van der Waals surface area contributed by atoms with Crippen molar-refractivity contribution in [1.29, 1.82) is 5.41 Å². The fraction of sp³-hybridized carbons (Fsp3) is 0.429. The second-order valence-electron chi connectivity index (χ2n) is 5.65. The number of amidine groups is 1. The van der Waals surface area contributed by atoms with Gasteiger partial charge in [-0.25, -0.2) is 4.79 Å². The van der Waals surface area contributed by atoms with Crippen molar-refractivity contribution in [1.82, 2.24) is 0 Å². The number of aromatic carboxylic acids is 1. The van der Waals surface area contributed by atoms with Gasteiger partial charge in [0.15, 0.2) is 0 Å². The third kappa shape index (κ3) is 2.80. The van der Waals surface area contributed by atoms with E-state index in [9.17, 15) is 14.9 Å². The molecule has 0 aromatic heterocycles. The fourth-order valence-electron chi connectivity index (χ4n) is 2.86. The summed E-state index contributed by atoms with van der Waals surface area (Å²) in [5.41, 5.74) is 6.33. The van der Waals surface area contributed by atoms with Crippen LogP contribution in [-0.2, 0) is 0 Å². The van der Waals surface area contributed by atoms with Crippen LogP contribution in [0.25, 0.3) is 0 Å². The fourth-order valence-corrected chi connectivity index (χ4v) is 3.86. The first-order valence-electron chi connectivity index (χ1n) is 7.19. The molecule has 2 unspecified atom stereocenters. The molecule has 0 spiro atoms. The van der Waals surface area contributed by atoms with E-state index in [-0.39, 0.29) is 23.1 Å². The largest absolute Gasteiger partial charge is 0.535 e. The highest BCUT2D eigenvalue weighted by molar-refractivity contribution is 7.99. The first-order chi connectivity index (χ1) is 10.5. The topological polar surface area (TPSA) is 117 Å². The Morgan fingerprint density at radius 2 is 2.32 bits per heavy atom. The minimum atomic E-state index is -1.04. The van der Waals surface area contributed by atoms with Crippen molar-refractivity contribution in [3.8, 4) is 5.75 Å². The van der Waals surface area contributed by atoms with Gasteiger partial charge in [-0.3, -0.25) is 5.41 Å². The summed E-state index contributed by atoms with van der Waals surface area (Å²) >= 11 is 1.41. The standard InChI is InChI=1S/C14H17BN2O4S/c16-11(17)2-1-5-22-10-4-3-7-8-6-9(8)15(20)21-13(7)12(10)14(18)19/h3-4,8-9,20H,1-2,5-6H2,(H3,16,17)(H,18,19). The van der Waals surface area contributed by atoms with Crippen molar-refractivity contribution >= 4 is 30.7 Å². The number of hydrogen-bond donors (Lipinski definition) is 4. The van der Waals surface area contributed by atoms with Gasteiger partial charge in [-0.2, -0.15) is 0 Å². The van der Waals surface area contributed by atoms with Crippen LogP contribution in [0.15, 0.2) is 17.0 Å². The molecule has 8 heteroatoms. The maximum Gasteiger partial charge on any atom is 0.526 e. The van der Waals surface area contributed by atoms with Crippen LogP contribution in [0.5, 0.6) is 5.75 Å². The lowest BCUT2D eigenvalue weighted by Crippen LogP contribution is -2.27. The summed E-state index contributed by atoms with van der Waals surface area (Å²) in [4.78, 5) is 12.3. The lowest BCUT2D eigenvalue weighted by atomic mass is 9.77. The average molecular weight is 320 g/mol.